The highest BCUT2D eigenvalue weighted by atomic mass is 32.1. The van der Waals surface area contributed by atoms with Crippen LogP contribution < -0.4 is 10.1 Å². The van der Waals surface area contributed by atoms with Crippen molar-refractivity contribution >= 4 is 23.3 Å². The molecule has 0 unspecified atom stereocenters. The first-order valence-electron chi connectivity index (χ1n) is 11.0. The Morgan fingerprint density at radius 2 is 2.00 bits per heavy atom. The predicted molar refractivity (Wildman–Crippen MR) is 129 cm³/mol. The first-order valence-corrected chi connectivity index (χ1v) is 11.4. The van der Waals surface area contributed by atoms with Gasteiger partial charge < -0.3 is 24.1 Å². The highest BCUT2D eigenvalue weighted by Gasteiger charge is 2.41. The quantitative estimate of drug-likeness (QED) is 0.361. The molecule has 0 saturated carbocycles. The number of ether oxygens (including phenoxy) is 2. The lowest BCUT2D eigenvalue weighted by Crippen LogP contribution is -2.30. The van der Waals surface area contributed by atoms with Crippen LogP contribution in [0, 0.1) is 0 Å². The van der Waals surface area contributed by atoms with Gasteiger partial charge in [0.1, 0.15) is 23.3 Å². The van der Waals surface area contributed by atoms with Gasteiger partial charge in [0.25, 0.3) is 0 Å². The molecule has 4 rings (SSSR count). The van der Waals surface area contributed by atoms with E-state index in [4.69, 9.17) is 26.1 Å². The van der Waals surface area contributed by atoms with Gasteiger partial charge in [-0.1, -0.05) is 6.07 Å². The van der Waals surface area contributed by atoms with E-state index in [2.05, 4.69) is 15.2 Å². The Morgan fingerprint density at radius 3 is 2.70 bits per heavy atom. The maximum absolute atomic E-state index is 11.6. The van der Waals surface area contributed by atoms with Crippen LogP contribution in [-0.2, 0) is 9.53 Å². The van der Waals surface area contributed by atoms with E-state index < -0.39 is 0 Å². The van der Waals surface area contributed by atoms with E-state index in [1.807, 2.05) is 61.5 Å². The van der Waals surface area contributed by atoms with Gasteiger partial charge in [-0.25, -0.2) is 0 Å². The van der Waals surface area contributed by atoms with Crippen molar-refractivity contribution in [3.63, 3.8) is 0 Å². The van der Waals surface area contributed by atoms with Gasteiger partial charge in [0.15, 0.2) is 5.11 Å². The molecule has 0 radical (unpaired) electrons. The molecule has 1 aromatic carbocycles. The number of carbonyl (C=O) groups is 1. The van der Waals surface area contributed by atoms with E-state index in [9.17, 15) is 4.79 Å². The van der Waals surface area contributed by atoms with Gasteiger partial charge in [0.05, 0.1) is 25.5 Å². The Hall–Kier alpha value is -3.39. The third kappa shape index (κ3) is 5.17. The minimum Gasteiger partial charge on any atom is -0.494 e. The third-order valence-corrected chi connectivity index (χ3v) is 5.93. The Bertz CT molecular complexity index is 1080. The number of carbonyl (C=O) groups excluding carboxylic acids is 1. The van der Waals surface area contributed by atoms with Gasteiger partial charge in [-0.15, -0.1) is 0 Å². The summed E-state index contributed by atoms with van der Waals surface area (Å²) >= 11 is 5.66. The average molecular weight is 466 g/mol. The zero-order valence-electron chi connectivity index (χ0n) is 18.7. The van der Waals surface area contributed by atoms with Crippen LogP contribution in [0.2, 0.25) is 0 Å². The average Bonchev–Trinajstić information content (AvgIpc) is 3.45. The molecule has 33 heavy (non-hydrogen) atoms. The number of benzene rings is 1. The van der Waals surface area contributed by atoms with Crippen molar-refractivity contribution in [3.8, 4) is 17.1 Å². The van der Waals surface area contributed by atoms with E-state index in [1.54, 1.807) is 6.20 Å². The summed E-state index contributed by atoms with van der Waals surface area (Å²) in [7, 11) is 1.40. The Balaban J connectivity index is 1.61. The number of nitrogens with one attached hydrogen (secondary N) is 1. The van der Waals surface area contributed by atoms with Gasteiger partial charge in [-0.2, -0.15) is 0 Å². The second-order valence-corrected chi connectivity index (χ2v) is 8.05. The summed E-state index contributed by atoms with van der Waals surface area (Å²) in [5, 5.41) is 4.00. The minimum absolute atomic E-state index is 0.170. The molecular weight excluding hydrogens is 438 g/mol. The summed E-state index contributed by atoms with van der Waals surface area (Å²) in [6, 6.07) is 17.2. The molecule has 1 N–H and O–H groups in total. The van der Waals surface area contributed by atoms with Gasteiger partial charge >= 0.3 is 5.97 Å². The van der Waals surface area contributed by atoms with Gasteiger partial charge in [0, 0.05) is 24.7 Å². The number of thiocarbonyl (C=S) groups is 1. The summed E-state index contributed by atoms with van der Waals surface area (Å²) < 4.78 is 16.6. The topological polar surface area (TPSA) is 76.8 Å². The molecule has 0 spiro atoms. The molecule has 172 valence electrons. The maximum Gasteiger partial charge on any atom is 0.305 e. The number of methoxy groups -OCH3 is 1. The summed E-state index contributed by atoms with van der Waals surface area (Å²) in [6.45, 7) is 3.18. The van der Waals surface area contributed by atoms with E-state index in [1.165, 1.54) is 7.11 Å². The van der Waals surface area contributed by atoms with Crippen LogP contribution in [0.25, 0.3) is 11.3 Å². The number of furan rings is 1. The van der Waals surface area contributed by atoms with E-state index in [0.717, 1.165) is 28.5 Å². The standard InChI is InChI=1S/C25H27N3O4S/c1-3-31-18-11-9-17(10-12-18)20-13-14-21(32-20)24-23(19-7-4-5-15-26-19)27-25(33)28(24)16-6-8-22(29)30-2/h4-5,7,9-15,23-24H,3,6,8,16H2,1-2H3,(H,27,33)/t23-,24-/m1/s1. The van der Waals surface area contributed by atoms with Gasteiger partial charge in [-0.05, 0) is 74.1 Å². The summed E-state index contributed by atoms with van der Waals surface area (Å²) in [6.07, 6.45) is 2.71. The molecule has 8 heteroatoms. The molecule has 0 bridgehead atoms. The van der Waals surface area contributed by atoms with Crippen LogP contribution in [-0.4, -0.2) is 41.2 Å². The maximum atomic E-state index is 11.6. The van der Waals surface area contributed by atoms with Crippen molar-refractivity contribution < 1.29 is 18.7 Å². The fraction of sp³-hybridized carbons (Fsp3) is 0.320. The number of rotatable bonds is 9. The van der Waals surface area contributed by atoms with Crippen molar-refractivity contribution in [2.24, 2.45) is 0 Å². The highest BCUT2D eigenvalue weighted by molar-refractivity contribution is 7.80. The van der Waals surface area contributed by atoms with Crippen LogP contribution in [0.3, 0.4) is 0 Å². The first-order chi connectivity index (χ1) is 16.1. The second kappa shape index (κ2) is 10.5. The summed E-state index contributed by atoms with van der Waals surface area (Å²) in [5.74, 6) is 2.13. The lowest BCUT2D eigenvalue weighted by atomic mass is 10.0. The summed E-state index contributed by atoms with van der Waals surface area (Å²) in [5.41, 5.74) is 1.84. The number of hydrogen-bond donors (Lipinski definition) is 1. The van der Waals surface area contributed by atoms with Gasteiger partial charge in [0.2, 0.25) is 0 Å². The summed E-state index contributed by atoms with van der Waals surface area (Å²) in [4.78, 5) is 18.2. The molecule has 0 amide bonds. The number of nitrogens with zero attached hydrogens (tertiary/aromatic N) is 2. The molecule has 1 fully saturated rings. The van der Waals surface area contributed by atoms with Crippen LogP contribution >= 0.6 is 12.2 Å². The number of pyridine rings is 1. The van der Waals surface area contributed by atoms with Crippen LogP contribution in [0.4, 0.5) is 0 Å². The van der Waals surface area contributed by atoms with E-state index in [-0.39, 0.29) is 18.1 Å². The van der Waals surface area contributed by atoms with Crippen LogP contribution in [0.1, 0.15) is 43.3 Å². The fourth-order valence-corrected chi connectivity index (χ4v) is 4.33. The zero-order valence-corrected chi connectivity index (χ0v) is 19.5. The fourth-order valence-electron chi connectivity index (χ4n) is 4.00. The third-order valence-electron chi connectivity index (χ3n) is 5.57. The molecule has 3 aromatic rings. The van der Waals surface area contributed by atoms with Gasteiger partial charge in [-0.3, -0.25) is 9.78 Å². The second-order valence-electron chi connectivity index (χ2n) is 7.66. The number of esters is 1. The van der Waals surface area contributed by atoms with E-state index >= 15 is 0 Å². The van der Waals surface area contributed by atoms with Crippen molar-refractivity contribution in [2.75, 3.05) is 20.3 Å². The lowest BCUT2D eigenvalue weighted by molar-refractivity contribution is -0.140. The molecule has 0 aliphatic carbocycles. The smallest absolute Gasteiger partial charge is 0.305 e. The Labute approximate surface area is 198 Å². The van der Waals surface area contributed by atoms with Crippen molar-refractivity contribution in [3.05, 3.63) is 72.2 Å². The molecule has 7 nitrogen and oxygen atoms in total. The molecule has 1 aliphatic heterocycles. The Kier molecular flexibility index (Phi) is 7.24. The number of hydrogen-bond acceptors (Lipinski definition) is 6. The molecule has 3 heterocycles. The lowest BCUT2D eigenvalue weighted by Gasteiger charge is -2.25. The van der Waals surface area contributed by atoms with Crippen LogP contribution in [0.15, 0.2) is 65.2 Å². The van der Waals surface area contributed by atoms with Crippen molar-refractivity contribution in [1.82, 2.24) is 15.2 Å². The van der Waals surface area contributed by atoms with Crippen LogP contribution in [0.5, 0.6) is 5.75 Å². The molecular formula is C25H27N3O4S. The number of aromatic nitrogens is 1. The Morgan fingerprint density at radius 1 is 1.18 bits per heavy atom. The zero-order chi connectivity index (χ0) is 23.2. The first kappa shape index (κ1) is 22.8. The molecule has 2 aromatic heterocycles. The van der Waals surface area contributed by atoms with Crippen molar-refractivity contribution in [1.29, 1.82) is 0 Å². The minimum atomic E-state index is -0.235. The largest absolute Gasteiger partial charge is 0.494 e. The van der Waals surface area contributed by atoms with Crippen molar-refractivity contribution in [2.45, 2.75) is 31.8 Å². The molecule has 1 saturated heterocycles. The predicted octanol–water partition coefficient (Wildman–Crippen LogP) is 4.67. The highest BCUT2D eigenvalue weighted by Crippen LogP contribution is 2.40. The molecule has 1 aliphatic rings. The molecule has 2 atom stereocenters. The monoisotopic (exact) mass is 465 g/mol. The SMILES string of the molecule is CCOc1ccc(-c2ccc([C@@H]3[C@@H](c4ccccn4)NC(=S)N3CCCC(=O)OC)o2)cc1. The van der Waals surface area contributed by atoms with E-state index in [0.29, 0.717) is 31.1 Å². The normalized spacial score (nSPS) is 17.6.